The number of benzene rings is 5. The summed E-state index contributed by atoms with van der Waals surface area (Å²) in [4.78, 5) is 6.71. The number of aliphatic hydroxyl groups excluding tert-OH is 1. The Morgan fingerprint density at radius 1 is 0.607 bits per heavy atom. The third kappa shape index (κ3) is 21.7. The summed E-state index contributed by atoms with van der Waals surface area (Å²) >= 11 is 1.83. The van der Waals surface area contributed by atoms with E-state index in [9.17, 15) is 50.4 Å². The van der Waals surface area contributed by atoms with Gasteiger partial charge in [0.05, 0.1) is 16.4 Å². The van der Waals surface area contributed by atoms with Crippen molar-refractivity contribution in [3.63, 3.8) is 0 Å². The van der Waals surface area contributed by atoms with Gasteiger partial charge in [-0.1, -0.05) is 79.7 Å². The van der Waals surface area contributed by atoms with E-state index in [2.05, 4.69) is 130 Å². The Kier molecular flexibility index (Phi) is 14.7. The van der Waals surface area contributed by atoms with Crippen molar-refractivity contribution in [2.24, 2.45) is 5.92 Å². The summed E-state index contributed by atoms with van der Waals surface area (Å²) in [5.74, 6) is 1.53. The van der Waals surface area contributed by atoms with Crippen LogP contribution < -0.4 is 25.9 Å². The Bertz CT molecular complexity index is 1940. The maximum atomic E-state index is 9.87. The first-order chi connectivity index (χ1) is 25.4. The molecule has 0 aliphatic carbocycles. The first-order valence-corrected chi connectivity index (χ1v) is 24.5. The molecule has 5 aromatic rings. The molecule has 0 radical (unpaired) electrons. The van der Waals surface area contributed by atoms with Gasteiger partial charge in [-0.2, -0.15) is 0 Å². The number of ether oxygens (including phenoxy) is 1. The molecule has 19 heteroatoms. The maximum Gasteiger partial charge on any atom is 0.180 e. The van der Waals surface area contributed by atoms with Gasteiger partial charge in [-0.3, -0.25) is 0 Å². The van der Waals surface area contributed by atoms with E-state index in [4.69, 9.17) is 9.84 Å². The summed E-state index contributed by atoms with van der Waals surface area (Å²) in [7, 11) is -21.4. The Balaban J connectivity index is 0.000000230. The van der Waals surface area contributed by atoms with Crippen LogP contribution in [0.1, 0.15) is 25.0 Å². The number of hydrogen-bond donors (Lipinski definition) is 1. The van der Waals surface area contributed by atoms with E-state index in [1.54, 1.807) is 0 Å². The van der Waals surface area contributed by atoms with Crippen LogP contribution in [0.15, 0.2) is 146 Å². The van der Waals surface area contributed by atoms with Crippen LogP contribution >= 0.6 is 27.4 Å². The van der Waals surface area contributed by atoms with Gasteiger partial charge in [-0.15, -0.1) is 0 Å². The second-order valence-corrected chi connectivity index (χ2v) is 22.3. The average molecular weight is 995 g/mol. The second kappa shape index (κ2) is 17.3. The number of aryl methyl sites for hydroxylation is 1. The summed E-state index contributed by atoms with van der Waals surface area (Å²) in [5.41, 5.74) is 2.80. The summed E-state index contributed by atoms with van der Waals surface area (Å²) in [6.45, 7) is 7.04. The van der Waals surface area contributed by atoms with Gasteiger partial charge in [0.15, 0.2) is 21.8 Å². The third-order valence-corrected chi connectivity index (χ3v) is 13.0. The average Bonchev–Trinajstić information content (AvgIpc) is 3.06. The largest absolute Gasteiger partial charge is 0.491 e. The topological polar surface area (TPSA) is 29.5 Å². The fourth-order valence-electron chi connectivity index (χ4n) is 4.61. The number of aliphatic hydroxyl groups is 1. The fraction of sp³-hybridized carbons (Fsp3) is 0.189. The van der Waals surface area contributed by atoms with Gasteiger partial charge in [0.25, 0.3) is 0 Å². The first-order valence-electron chi connectivity index (χ1n) is 16.3. The number of hydrogen-bond acceptors (Lipinski definition) is 3. The molecule has 0 saturated heterocycles. The molecule has 310 valence electrons. The zero-order chi connectivity index (χ0) is 42.1. The Hall–Kier alpha value is -2.69. The van der Waals surface area contributed by atoms with E-state index in [0.717, 1.165) is 11.7 Å². The van der Waals surface area contributed by atoms with E-state index in [1.165, 1.54) is 49.2 Å². The third-order valence-electron chi connectivity index (χ3n) is 6.56. The Morgan fingerprint density at radius 3 is 1.43 bits per heavy atom. The molecular weight excluding hydrogens is 957 g/mol. The van der Waals surface area contributed by atoms with Crippen molar-refractivity contribution < 1.29 is 81.4 Å². The summed E-state index contributed by atoms with van der Waals surface area (Å²) in [5, 5.41) is 8.88. The summed E-state index contributed by atoms with van der Waals surface area (Å²) < 4.78 is 127. The Labute approximate surface area is 334 Å². The standard InChI is InChI=1S/C20H17O2S2.C17H20I.2F6P/c21-13-14-22-15-9-11-16(12-10-15)24-19-7-3-1-5-17(19)23-18-6-2-4-8-20(18)24;1-13(2)12-15-6-10-17(11-7-15)18-16-8-4-14(3)5-9-16;2*1-7(2,3,4,5)6/h1-12,21H,13-14H2;4-11,13H,12H2,1-3H3;;/q2*+1;2*-1. The van der Waals surface area contributed by atoms with Gasteiger partial charge >= 0.3 is 87.2 Å². The molecule has 0 saturated carbocycles. The maximum absolute atomic E-state index is 10.7. The van der Waals surface area contributed by atoms with Crippen molar-refractivity contribution in [2.75, 3.05) is 13.2 Å². The molecule has 6 rings (SSSR count). The number of fused-ring (bicyclic) bond motifs is 2. The van der Waals surface area contributed by atoms with E-state index >= 15 is 0 Å². The van der Waals surface area contributed by atoms with Crippen molar-refractivity contribution in [2.45, 2.75) is 51.7 Å². The van der Waals surface area contributed by atoms with Gasteiger partial charge in [-0.25, -0.2) is 0 Å². The molecule has 0 unspecified atom stereocenters. The number of rotatable bonds is 8. The summed E-state index contributed by atoms with van der Waals surface area (Å²) in [6, 6.07) is 43.7. The van der Waals surface area contributed by atoms with E-state index in [-0.39, 0.29) is 38.7 Å². The van der Waals surface area contributed by atoms with Crippen molar-refractivity contribution in [1.82, 2.24) is 0 Å². The zero-order valence-corrected chi connectivity index (χ0v) is 35.3. The number of halogens is 13. The minimum atomic E-state index is -10.7. The van der Waals surface area contributed by atoms with E-state index in [0.29, 0.717) is 6.61 Å². The van der Waals surface area contributed by atoms with Crippen LogP contribution in [0.2, 0.25) is 0 Å². The Morgan fingerprint density at radius 2 is 1.02 bits per heavy atom. The van der Waals surface area contributed by atoms with E-state index in [1.807, 2.05) is 23.9 Å². The molecular formula is C37H37F12IO2P2S2. The van der Waals surface area contributed by atoms with Gasteiger partial charge in [0, 0.05) is 0 Å². The molecule has 0 amide bonds. The van der Waals surface area contributed by atoms with Crippen molar-refractivity contribution in [3.8, 4) is 5.75 Å². The molecule has 56 heavy (non-hydrogen) atoms. The van der Waals surface area contributed by atoms with Gasteiger partial charge in [-0.05, 0) is 97.6 Å². The molecule has 2 nitrogen and oxygen atoms in total. The minimum absolute atomic E-state index is 0.0179. The molecule has 0 spiro atoms. The van der Waals surface area contributed by atoms with Crippen LogP contribution in [-0.2, 0) is 17.3 Å². The fourth-order valence-corrected chi connectivity index (χ4v) is 10.5. The van der Waals surface area contributed by atoms with Gasteiger partial charge < -0.3 is 9.84 Å². The predicted molar refractivity (Wildman–Crippen MR) is 199 cm³/mol. The summed E-state index contributed by atoms with van der Waals surface area (Å²) in [6.07, 6.45) is 1.18. The van der Waals surface area contributed by atoms with Crippen LogP contribution in [0, 0.1) is 20.0 Å². The molecule has 0 fully saturated rings. The quantitative estimate of drug-likeness (QED) is 0.0713. The molecule has 1 N–H and O–H groups in total. The molecule has 1 aliphatic rings. The van der Waals surface area contributed by atoms with Crippen LogP contribution in [0.4, 0.5) is 50.4 Å². The second-order valence-electron chi connectivity index (χ2n) is 12.4. The van der Waals surface area contributed by atoms with Crippen LogP contribution in [0.25, 0.3) is 0 Å². The van der Waals surface area contributed by atoms with Crippen molar-refractivity contribution in [1.29, 1.82) is 0 Å². The van der Waals surface area contributed by atoms with Crippen molar-refractivity contribution in [3.05, 3.63) is 140 Å². The van der Waals surface area contributed by atoms with Crippen LogP contribution in [0.3, 0.4) is 0 Å². The molecule has 5 aromatic carbocycles. The van der Waals surface area contributed by atoms with Crippen LogP contribution in [0.5, 0.6) is 5.75 Å². The first kappa shape index (κ1) is 47.7. The monoisotopic (exact) mass is 994 g/mol. The minimum Gasteiger partial charge on any atom is -0.491 e. The van der Waals surface area contributed by atoms with E-state index < -0.39 is 15.6 Å². The molecule has 1 aliphatic heterocycles. The molecule has 0 aromatic heterocycles. The smallest absolute Gasteiger partial charge is 0.180 e. The van der Waals surface area contributed by atoms with Crippen LogP contribution in [-0.4, -0.2) is 18.3 Å². The molecule has 0 bridgehead atoms. The normalized spacial score (nSPS) is 14.9. The predicted octanol–water partition coefficient (Wildman–Crippen LogP) is 12.7. The SMILES string of the molecule is Cc1ccc([I+]c2ccc(CC(C)C)cc2)cc1.F[P-](F)(F)(F)(F)F.F[P-](F)(F)(F)(F)F.OCCOc1ccc([S+]2c3ccccc3Sc3ccccc32)cc1. The van der Waals surface area contributed by atoms with Crippen molar-refractivity contribution >= 4 is 38.3 Å². The zero-order valence-electron chi connectivity index (χ0n) is 29.7. The molecule has 0 atom stereocenters. The van der Waals surface area contributed by atoms with Gasteiger partial charge in [0.2, 0.25) is 0 Å². The van der Waals surface area contributed by atoms with Gasteiger partial charge in [0.1, 0.15) is 23.3 Å². The molecule has 1 heterocycles.